The second-order valence-electron chi connectivity index (χ2n) is 6.93. The van der Waals surface area contributed by atoms with Crippen LogP contribution in [0, 0.1) is 6.92 Å². The number of carbonyl (C=O) groups excluding carboxylic acids is 1. The monoisotopic (exact) mass is 515 g/mol. The molecule has 3 aromatic carbocycles. The normalized spacial score (nSPS) is 10.8. The second-order valence-corrected chi connectivity index (χ2v) is 8.19. The smallest absolute Gasteiger partial charge is 0.259 e. The molecule has 0 fully saturated rings. The summed E-state index contributed by atoms with van der Waals surface area (Å²) >= 11 is 9.71. The summed E-state index contributed by atoms with van der Waals surface area (Å²) < 4.78 is 12.1. The molecule has 0 aromatic heterocycles. The van der Waals surface area contributed by atoms with E-state index in [-0.39, 0.29) is 12.5 Å². The van der Waals surface area contributed by atoms with Crippen molar-refractivity contribution in [2.45, 2.75) is 13.5 Å². The van der Waals surface area contributed by atoms with E-state index in [9.17, 15) is 4.79 Å². The zero-order chi connectivity index (χ0) is 22.9. The van der Waals surface area contributed by atoms with Gasteiger partial charge in [0.15, 0.2) is 11.5 Å². The first kappa shape index (κ1) is 23.6. The zero-order valence-corrected chi connectivity index (χ0v) is 20.0. The maximum atomic E-state index is 12.0. The molecule has 0 aliphatic heterocycles. The number of anilines is 1. The van der Waals surface area contributed by atoms with Crippen molar-refractivity contribution < 1.29 is 14.3 Å². The molecule has 0 radical (unpaired) electrons. The van der Waals surface area contributed by atoms with Gasteiger partial charge in [-0.3, -0.25) is 4.79 Å². The van der Waals surface area contributed by atoms with E-state index in [0.29, 0.717) is 27.6 Å². The van der Waals surface area contributed by atoms with E-state index >= 15 is 0 Å². The van der Waals surface area contributed by atoms with Gasteiger partial charge in [0.1, 0.15) is 6.61 Å². The van der Waals surface area contributed by atoms with Gasteiger partial charge in [-0.25, -0.2) is 5.43 Å². The third-order valence-electron chi connectivity index (χ3n) is 4.49. The summed E-state index contributed by atoms with van der Waals surface area (Å²) in [4.78, 5) is 12.0. The van der Waals surface area contributed by atoms with Crippen molar-refractivity contribution >= 4 is 45.3 Å². The molecule has 0 saturated carbocycles. The van der Waals surface area contributed by atoms with Crippen LogP contribution in [0.1, 0.15) is 16.7 Å². The van der Waals surface area contributed by atoms with Crippen LogP contribution in [0.15, 0.2) is 70.2 Å². The summed E-state index contributed by atoms with van der Waals surface area (Å²) in [5.41, 5.74) is 6.13. The van der Waals surface area contributed by atoms with Gasteiger partial charge in [0.2, 0.25) is 0 Å². The van der Waals surface area contributed by atoms with Gasteiger partial charge in [0.05, 0.1) is 24.3 Å². The van der Waals surface area contributed by atoms with Gasteiger partial charge >= 0.3 is 0 Å². The molecule has 0 heterocycles. The van der Waals surface area contributed by atoms with Gasteiger partial charge in [0.25, 0.3) is 5.91 Å². The number of hydrogen-bond acceptors (Lipinski definition) is 5. The van der Waals surface area contributed by atoms with Crippen LogP contribution in [-0.2, 0) is 11.4 Å². The number of rotatable bonds is 9. The van der Waals surface area contributed by atoms with E-state index in [1.807, 2.05) is 61.5 Å². The summed E-state index contributed by atoms with van der Waals surface area (Å²) in [5.74, 6) is 0.823. The van der Waals surface area contributed by atoms with Crippen LogP contribution in [0.2, 0.25) is 5.02 Å². The number of methoxy groups -OCH3 is 1. The quantitative estimate of drug-likeness (QED) is 0.288. The average molecular weight is 517 g/mol. The predicted octanol–water partition coefficient (Wildman–Crippen LogP) is 5.56. The molecule has 3 rings (SSSR count). The van der Waals surface area contributed by atoms with Crippen molar-refractivity contribution in [1.82, 2.24) is 5.43 Å². The maximum absolute atomic E-state index is 12.0. The number of amides is 1. The van der Waals surface area contributed by atoms with E-state index in [4.69, 9.17) is 21.1 Å². The molecule has 0 aliphatic rings. The lowest BCUT2D eigenvalue weighted by Gasteiger charge is -2.14. The van der Waals surface area contributed by atoms with Gasteiger partial charge in [-0.15, -0.1) is 0 Å². The van der Waals surface area contributed by atoms with Gasteiger partial charge in [-0.1, -0.05) is 47.5 Å². The fourth-order valence-electron chi connectivity index (χ4n) is 2.79. The number of benzene rings is 3. The Balaban J connectivity index is 1.58. The number of aryl methyl sites for hydroxylation is 1. The number of carbonyl (C=O) groups is 1. The molecule has 0 unspecified atom stereocenters. The topological polar surface area (TPSA) is 72.0 Å². The van der Waals surface area contributed by atoms with Crippen molar-refractivity contribution in [3.8, 4) is 11.5 Å². The molecule has 2 N–H and O–H groups in total. The summed E-state index contributed by atoms with van der Waals surface area (Å²) in [6.45, 7) is 2.42. The summed E-state index contributed by atoms with van der Waals surface area (Å²) in [7, 11) is 1.56. The van der Waals surface area contributed by atoms with Crippen molar-refractivity contribution in [1.29, 1.82) is 0 Å². The number of nitrogens with one attached hydrogen (secondary N) is 2. The second kappa shape index (κ2) is 11.5. The minimum absolute atomic E-state index is 0.113. The summed E-state index contributed by atoms with van der Waals surface area (Å²) in [6.07, 6.45) is 1.54. The molecule has 0 spiro atoms. The Morgan fingerprint density at radius 1 is 1.16 bits per heavy atom. The Labute approximate surface area is 200 Å². The molecule has 0 bridgehead atoms. The standard InChI is InChI=1S/C24H23BrClN3O3/c1-16-7-9-19(10-8-16)27-14-23(30)29-28-13-17-11-20(25)24(22(12-17)31-2)32-15-18-5-3-4-6-21(18)26/h3-13,27H,14-15H2,1-2H3,(H,29,30)/b28-13-. The number of hydrazone groups is 1. The fourth-order valence-corrected chi connectivity index (χ4v) is 3.56. The Morgan fingerprint density at radius 3 is 2.62 bits per heavy atom. The summed E-state index contributed by atoms with van der Waals surface area (Å²) in [6, 6.07) is 18.9. The highest BCUT2D eigenvalue weighted by molar-refractivity contribution is 9.10. The van der Waals surface area contributed by atoms with Crippen molar-refractivity contribution in [2.24, 2.45) is 5.10 Å². The molecular formula is C24H23BrClN3O3. The highest BCUT2D eigenvalue weighted by Gasteiger charge is 2.12. The van der Waals surface area contributed by atoms with Crippen LogP contribution >= 0.6 is 27.5 Å². The number of hydrogen-bond donors (Lipinski definition) is 2. The Bertz CT molecular complexity index is 1100. The van der Waals surface area contributed by atoms with Crippen molar-refractivity contribution in [2.75, 3.05) is 19.0 Å². The van der Waals surface area contributed by atoms with Crippen LogP contribution in [0.4, 0.5) is 5.69 Å². The minimum Gasteiger partial charge on any atom is -0.493 e. The molecule has 0 saturated heterocycles. The molecule has 8 heteroatoms. The number of halogens is 2. The fraction of sp³-hybridized carbons (Fsp3) is 0.167. The summed E-state index contributed by atoms with van der Waals surface area (Å²) in [5, 5.41) is 7.71. The van der Waals surface area contributed by atoms with E-state index in [0.717, 1.165) is 22.4 Å². The van der Waals surface area contributed by atoms with E-state index in [1.165, 1.54) is 6.21 Å². The van der Waals surface area contributed by atoms with Gasteiger partial charge in [-0.2, -0.15) is 5.10 Å². The average Bonchev–Trinajstić information content (AvgIpc) is 2.78. The molecular weight excluding hydrogens is 494 g/mol. The molecule has 32 heavy (non-hydrogen) atoms. The maximum Gasteiger partial charge on any atom is 0.259 e. The Morgan fingerprint density at radius 2 is 1.91 bits per heavy atom. The highest BCUT2D eigenvalue weighted by Crippen LogP contribution is 2.37. The zero-order valence-electron chi connectivity index (χ0n) is 17.7. The number of nitrogens with zero attached hydrogens (tertiary/aromatic N) is 1. The van der Waals surface area contributed by atoms with Gasteiger partial charge in [0, 0.05) is 16.3 Å². The van der Waals surface area contributed by atoms with Crippen LogP contribution < -0.4 is 20.2 Å². The first-order valence-electron chi connectivity index (χ1n) is 9.82. The van der Waals surface area contributed by atoms with E-state index in [2.05, 4.69) is 31.8 Å². The minimum atomic E-state index is -0.257. The predicted molar refractivity (Wildman–Crippen MR) is 132 cm³/mol. The van der Waals surface area contributed by atoms with E-state index in [1.54, 1.807) is 13.2 Å². The highest BCUT2D eigenvalue weighted by atomic mass is 79.9. The Hall–Kier alpha value is -3.03. The van der Waals surface area contributed by atoms with Crippen LogP contribution in [0.5, 0.6) is 11.5 Å². The Kier molecular flexibility index (Phi) is 8.53. The molecule has 0 aliphatic carbocycles. The van der Waals surface area contributed by atoms with Crippen LogP contribution in [0.3, 0.4) is 0 Å². The van der Waals surface area contributed by atoms with Crippen LogP contribution in [0.25, 0.3) is 0 Å². The third kappa shape index (κ3) is 6.73. The lowest BCUT2D eigenvalue weighted by Crippen LogP contribution is -2.25. The number of ether oxygens (including phenoxy) is 2. The molecule has 6 nitrogen and oxygen atoms in total. The molecule has 0 atom stereocenters. The first-order valence-corrected chi connectivity index (χ1v) is 11.0. The van der Waals surface area contributed by atoms with Gasteiger partial charge in [-0.05, 0) is 58.7 Å². The molecule has 166 valence electrons. The molecule has 3 aromatic rings. The lowest BCUT2D eigenvalue weighted by molar-refractivity contribution is -0.119. The largest absolute Gasteiger partial charge is 0.493 e. The van der Waals surface area contributed by atoms with Gasteiger partial charge < -0.3 is 14.8 Å². The van der Waals surface area contributed by atoms with Crippen molar-refractivity contribution in [3.05, 3.63) is 86.8 Å². The third-order valence-corrected chi connectivity index (χ3v) is 5.45. The lowest BCUT2D eigenvalue weighted by atomic mass is 10.2. The van der Waals surface area contributed by atoms with Crippen molar-refractivity contribution in [3.63, 3.8) is 0 Å². The SMILES string of the molecule is COc1cc(/C=N\NC(=O)CNc2ccc(C)cc2)cc(Br)c1OCc1ccccc1Cl. The van der Waals surface area contributed by atoms with E-state index < -0.39 is 0 Å². The molecule has 1 amide bonds. The van der Waals surface area contributed by atoms with Crippen LogP contribution in [-0.4, -0.2) is 25.8 Å². The first-order chi connectivity index (χ1) is 15.5.